The molecule has 1 unspecified atom stereocenters. The van der Waals surface area contributed by atoms with Crippen molar-refractivity contribution in [3.05, 3.63) is 53.6 Å². The molecule has 1 amide bonds. The lowest BCUT2D eigenvalue weighted by Gasteiger charge is -2.15. The fourth-order valence-corrected chi connectivity index (χ4v) is 2.72. The molecular formula is C21H21F3N2O4. The second-order valence-electron chi connectivity index (χ2n) is 6.26. The Labute approximate surface area is 172 Å². The van der Waals surface area contributed by atoms with Crippen LogP contribution in [-0.4, -0.2) is 32.9 Å². The van der Waals surface area contributed by atoms with Crippen molar-refractivity contribution in [2.45, 2.75) is 25.1 Å². The number of carbonyl (C=O) groups excluding carboxylic acids is 1. The Hall–Kier alpha value is -3.41. The summed E-state index contributed by atoms with van der Waals surface area (Å²) in [5.41, 5.74) is 1.22. The van der Waals surface area contributed by atoms with Crippen LogP contribution in [0.15, 0.2) is 42.5 Å². The van der Waals surface area contributed by atoms with Crippen LogP contribution in [0, 0.1) is 11.3 Å². The minimum Gasteiger partial charge on any atom is -0.496 e. The van der Waals surface area contributed by atoms with Crippen LogP contribution in [0.25, 0.3) is 0 Å². The van der Waals surface area contributed by atoms with Crippen molar-refractivity contribution in [1.29, 1.82) is 5.26 Å². The first-order valence-electron chi connectivity index (χ1n) is 8.95. The van der Waals surface area contributed by atoms with E-state index >= 15 is 0 Å². The molecule has 1 N–H and O–H groups in total. The molecule has 0 fully saturated rings. The maximum absolute atomic E-state index is 12.3. The predicted molar refractivity (Wildman–Crippen MR) is 102 cm³/mol. The summed E-state index contributed by atoms with van der Waals surface area (Å²) >= 11 is 0. The average molecular weight is 422 g/mol. The number of hydrogen-bond acceptors (Lipinski definition) is 5. The molecule has 6 nitrogen and oxygen atoms in total. The summed E-state index contributed by atoms with van der Waals surface area (Å²) in [5, 5.41) is 12.1. The van der Waals surface area contributed by atoms with Crippen LogP contribution in [0.3, 0.4) is 0 Å². The van der Waals surface area contributed by atoms with Crippen molar-refractivity contribution in [2.24, 2.45) is 0 Å². The highest BCUT2D eigenvalue weighted by Crippen LogP contribution is 2.30. The van der Waals surface area contributed by atoms with Crippen LogP contribution in [0.2, 0.25) is 0 Å². The summed E-state index contributed by atoms with van der Waals surface area (Å²) in [6.45, 7) is -1.43. The number of nitriles is 1. The number of nitrogens with one attached hydrogen (secondary N) is 1. The molecule has 0 spiro atoms. The molecule has 0 saturated heterocycles. The quantitative estimate of drug-likeness (QED) is 0.662. The summed E-state index contributed by atoms with van der Waals surface area (Å²) < 4.78 is 52.0. The molecule has 0 aliphatic rings. The van der Waals surface area contributed by atoms with E-state index < -0.39 is 18.8 Å². The van der Waals surface area contributed by atoms with Gasteiger partial charge in [0.05, 0.1) is 20.3 Å². The van der Waals surface area contributed by atoms with Gasteiger partial charge in [0.15, 0.2) is 18.1 Å². The highest BCUT2D eigenvalue weighted by atomic mass is 19.4. The molecule has 0 bridgehead atoms. The van der Waals surface area contributed by atoms with E-state index in [9.17, 15) is 23.2 Å². The Morgan fingerprint density at radius 3 is 2.43 bits per heavy atom. The zero-order chi connectivity index (χ0) is 22.1. The molecule has 0 aliphatic carbocycles. The lowest BCUT2D eigenvalue weighted by Crippen LogP contribution is -2.28. The fraction of sp³-hybridized carbons (Fsp3) is 0.333. The van der Waals surface area contributed by atoms with Gasteiger partial charge in [0.2, 0.25) is 5.91 Å². The largest absolute Gasteiger partial charge is 0.496 e. The SMILES string of the molecule is COc1cc(CCC(=O)NC(C#N)c2ccccc2OC)ccc1OCC(F)(F)F. The van der Waals surface area contributed by atoms with E-state index in [4.69, 9.17) is 14.2 Å². The first-order valence-corrected chi connectivity index (χ1v) is 8.95. The number of hydrogen-bond donors (Lipinski definition) is 1. The number of alkyl halides is 3. The molecule has 30 heavy (non-hydrogen) atoms. The molecule has 9 heteroatoms. The van der Waals surface area contributed by atoms with Crippen LogP contribution in [0.5, 0.6) is 17.2 Å². The molecule has 0 aliphatic heterocycles. The number of benzene rings is 2. The summed E-state index contributed by atoms with van der Waals surface area (Å²) in [7, 11) is 2.79. The number of para-hydroxylation sites is 1. The molecule has 2 rings (SSSR count). The number of nitrogens with zero attached hydrogens (tertiary/aromatic N) is 1. The standard InChI is InChI=1S/C21H21F3N2O4/c1-28-17-6-4-3-5-15(17)16(12-25)26-20(27)10-8-14-7-9-18(19(11-14)29-2)30-13-21(22,23)24/h3-7,9,11,16H,8,10,13H2,1-2H3,(H,26,27). The van der Waals surface area contributed by atoms with Crippen LogP contribution in [-0.2, 0) is 11.2 Å². The lowest BCUT2D eigenvalue weighted by molar-refractivity contribution is -0.153. The Balaban J connectivity index is 1.99. The number of methoxy groups -OCH3 is 2. The summed E-state index contributed by atoms with van der Waals surface area (Å²) in [6.07, 6.45) is -4.09. The van der Waals surface area contributed by atoms with Gasteiger partial charge in [0, 0.05) is 12.0 Å². The Morgan fingerprint density at radius 2 is 1.80 bits per heavy atom. The third-order valence-electron chi connectivity index (χ3n) is 4.14. The first-order chi connectivity index (χ1) is 14.3. The number of carbonyl (C=O) groups is 1. The van der Waals surface area contributed by atoms with E-state index in [2.05, 4.69) is 5.32 Å². The van der Waals surface area contributed by atoms with Gasteiger partial charge in [-0.1, -0.05) is 24.3 Å². The van der Waals surface area contributed by atoms with Gasteiger partial charge in [0.1, 0.15) is 11.8 Å². The minimum atomic E-state index is -4.46. The molecule has 0 aromatic heterocycles. The van der Waals surface area contributed by atoms with Crippen molar-refractivity contribution in [3.8, 4) is 23.3 Å². The summed E-state index contributed by atoms with van der Waals surface area (Å²) in [4.78, 5) is 12.3. The van der Waals surface area contributed by atoms with E-state index in [0.717, 1.165) is 0 Å². The minimum absolute atomic E-state index is 0.0382. The first kappa shape index (κ1) is 22.9. The fourth-order valence-electron chi connectivity index (χ4n) is 2.72. The topological polar surface area (TPSA) is 80.6 Å². The summed E-state index contributed by atoms with van der Waals surface area (Å²) in [6, 6.07) is 12.5. The third-order valence-corrected chi connectivity index (χ3v) is 4.14. The van der Waals surface area contributed by atoms with Crippen molar-refractivity contribution in [2.75, 3.05) is 20.8 Å². The molecule has 0 radical (unpaired) electrons. The molecular weight excluding hydrogens is 401 g/mol. The van der Waals surface area contributed by atoms with Gasteiger partial charge in [-0.25, -0.2) is 0 Å². The van der Waals surface area contributed by atoms with Gasteiger partial charge in [-0.05, 0) is 30.2 Å². The maximum Gasteiger partial charge on any atom is 0.422 e. The number of halogens is 3. The molecule has 0 saturated carbocycles. The third kappa shape index (κ3) is 6.58. The van der Waals surface area contributed by atoms with E-state index in [1.54, 1.807) is 30.3 Å². The lowest BCUT2D eigenvalue weighted by atomic mass is 10.1. The molecule has 2 aromatic carbocycles. The Bertz CT molecular complexity index is 910. The molecule has 0 heterocycles. The zero-order valence-corrected chi connectivity index (χ0v) is 16.5. The van der Waals surface area contributed by atoms with Gasteiger partial charge in [0.25, 0.3) is 0 Å². The van der Waals surface area contributed by atoms with Crippen molar-refractivity contribution in [3.63, 3.8) is 0 Å². The van der Waals surface area contributed by atoms with Gasteiger partial charge < -0.3 is 19.5 Å². The van der Waals surface area contributed by atoms with Gasteiger partial charge in [-0.15, -0.1) is 0 Å². The van der Waals surface area contributed by atoms with Crippen LogP contribution >= 0.6 is 0 Å². The summed E-state index contributed by atoms with van der Waals surface area (Å²) in [5.74, 6) is 0.233. The Morgan fingerprint density at radius 1 is 1.10 bits per heavy atom. The number of amides is 1. The van der Waals surface area contributed by atoms with Crippen LogP contribution < -0.4 is 19.5 Å². The van der Waals surface area contributed by atoms with Crippen molar-refractivity contribution >= 4 is 5.91 Å². The van der Waals surface area contributed by atoms with Crippen LogP contribution in [0.4, 0.5) is 13.2 Å². The van der Waals surface area contributed by atoms with Crippen molar-refractivity contribution < 1.29 is 32.2 Å². The number of ether oxygens (including phenoxy) is 3. The van der Waals surface area contributed by atoms with Crippen LogP contribution in [0.1, 0.15) is 23.6 Å². The Kier molecular flexibility index (Phi) is 7.92. The monoisotopic (exact) mass is 422 g/mol. The van der Waals surface area contributed by atoms with E-state index in [0.29, 0.717) is 23.3 Å². The number of rotatable bonds is 9. The van der Waals surface area contributed by atoms with Gasteiger partial charge >= 0.3 is 6.18 Å². The van der Waals surface area contributed by atoms with Gasteiger partial charge in [-0.3, -0.25) is 4.79 Å². The zero-order valence-electron chi connectivity index (χ0n) is 16.5. The van der Waals surface area contributed by atoms with Gasteiger partial charge in [-0.2, -0.15) is 18.4 Å². The normalized spacial score (nSPS) is 11.9. The second kappa shape index (κ2) is 10.4. The van der Waals surface area contributed by atoms with E-state index in [1.165, 1.54) is 26.4 Å². The highest BCUT2D eigenvalue weighted by molar-refractivity contribution is 5.77. The van der Waals surface area contributed by atoms with E-state index in [1.807, 2.05) is 6.07 Å². The molecule has 160 valence electrons. The maximum atomic E-state index is 12.3. The smallest absolute Gasteiger partial charge is 0.422 e. The number of aryl methyl sites for hydroxylation is 1. The molecule has 2 aromatic rings. The molecule has 1 atom stereocenters. The second-order valence-corrected chi connectivity index (χ2v) is 6.26. The predicted octanol–water partition coefficient (Wildman–Crippen LogP) is 3.96. The highest BCUT2D eigenvalue weighted by Gasteiger charge is 2.29. The van der Waals surface area contributed by atoms with E-state index in [-0.39, 0.29) is 23.8 Å². The van der Waals surface area contributed by atoms with Crippen molar-refractivity contribution in [1.82, 2.24) is 5.32 Å². The average Bonchev–Trinajstić information content (AvgIpc) is 2.74.